The SMILES string of the molecule is O[C@@H](CN1CCN(c2ccccc2F)CC1)c1c[nH]c2ccc(F)cc12. The molecule has 2 aromatic carbocycles. The van der Waals surface area contributed by atoms with E-state index in [0.717, 1.165) is 18.6 Å². The maximum Gasteiger partial charge on any atom is 0.146 e. The highest BCUT2D eigenvalue weighted by molar-refractivity contribution is 5.83. The summed E-state index contributed by atoms with van der Waals surface area (Å²) in [5, 5.41) is 11.3. The molecule has 6 heteroatoms. The summed E-state index contributed by atoms with van der Waals surface area (Å²) in [7, 11) is 0. The Labute approximate surface area is 150 Å². The first-order valence-corrected chi connectivity index (χ1v) is 8.78. The second-order valence-electron chi connectivity index (χ2n) is 6.69. The molecule has 2 heterocycles. The summed E-state index contributed by atoms with van der Waals surface area (Å²) in [5.74, 6) is -0.522. The van der Waals surface area contributed by atoms with Crippen molar-refractivity contribution in [3.05, 3.63) is 65.9 Å². The molecule has 0 bridgehead atoms. The zero-order valence-corrected chi connectivity index (χ0v) is 14.3. The lowest BCUT2D eigenvalue weighted by atomic mass is 10.1. The molecule has 2 N–H and O–H groups in total. The summed E-state index contributed by atoms with van der Waals surface area (Å²) < 4.78 is 27.4. The average Bonchev–Trinajstić information content (AvgIpc) is 3.06. The number of hydrogen-bond acceptors (Lipinski definition) is 3. The first-order valence-electron chi connectivity index (χ1n) is 8.78. The Morgan fingerprint density at radius 2 is 1.81 bits per heavy atom. The van der Waals surface area contributed by atoms with Gasteiger partial charge in [0, 0.05) is 55.4 Å². The summed E-state index contributed by atoms with van der Waals surface area (Å²) >= 11 is 0. The molecule has 26 heavy (non-hydrogen) atoms. The van der Waals surface area contributed by atoms with Crippen LogP contribution in [0.5, 0.6) is 0 Å². The second kappa shape index (κ2) is 7.05. The largest absolute Gasteiger partial charge is 0.387 e. The Hall–Kier alpha value is -2.44. The highest BCUT2D eigenvalue weighted by atomic mass is 19.1. The van der Waals surface area contributed by atoms with Crippen LogP contribution < -0.4 is 4.90 Å². The molecule has 0 amide bonds. The van der Waals surface area contributed by atoms with E-state index in [0.29, 0.717) is 36.3 Å². The van der Waals surface area contributed by atoms with Crippen LogP contribution in [0.4, 0.5) is 14.5 Å². The van der Waals surface area contributed by atoms with Crippen molar-refractivity contribution in [1.29, 1.82) is 0 Å². The number of aromatic amines is 1. The molecule has 0 radical (unpaired) electrons. The second-order valence-corrected chi connectivity index (χ2v) is 6.69. The number of β-amino-alcohol motifs (C(OH)–C–C–N with tert-alkyl or cyclic N) is 1. The average molecular weight is 357 g/mol. The van der Waals surface area contributed by atoms with Crippen LogP contribution in [0, 0.1) is 11.6 Å². The van der Waals surface area contributed by atoms with Gasteiger partial charge >= 0.3 is 0 Å². The molecule has 4 nitrogen and oxygen atoms in total. The number of nitrogens with one attached hydrogen (secondary N) is 1. The van der Waals surface area contributed by atoms with Crippen molar-refractivity contribution in [2.24, 2.45) is 0 Å². The molecule has 0 saturated carbocycles. The smallest absolute Gasteiger partial charge is 0.146 e. The molecule has 1 saturated heterocycles. The Morgan fingerprint density at radius 1 is 1.04 bits per heavy atom. The highest BCUT2D eigenvalue weighted by Gasteiger charge is 2.22. The monoisotopic (exact) mass is 357 g/mol. The molecular weight excluding hydrogens is 336 g/mol. The van der Waals surface area contributed by atoms with Gasteiger partial charge in [-0.1, -0.05) is 12.1 Å². The van der Waals surface area contributed by atoms with Gasteiger partial charge in [-0.3, -0.25) is 4.90 Å². The van der Waals surface area contributed by atoms with E-state index in [2.05, 4.69) is 9.88 Å². The number of piperazine rings is 1. The van der Waals surface area contributed by atoms with Crippen LogP contribution in [0.15, 0.2) is 48.7 Å². The zero-order chi connectivity index (χ0) is 18.1. The predicted octanol–water partition coefficient (Wildman–Crippen LogP) is 3.30. The zero-order valence-electron chi connectivity index (χ0n) is 14.3. The Morgan fingerprint density at radius 3 is 2.58 bits per heavy atom. The van der Waals surface area contributed by atoms with Gasteiger partial charge in [0.2, 0.25) is 0 Å². The molecule has 1 aliphatic heterocycles. The molecule has 1 fully saturated rings. The molecule has 0 unspecified atom stereocenters. The number of aliphatic hydroxyl groups is 1. The topological polar surface area (TPSA) is 42.5 Å². The van der Waals surface area contributed by atoms with Gasteiger partial charge in [0.1, 0.15) is 11.6 Å². The summed E-state index contributed by atoms with van der Waals surface area (Å²) in [5.41, 5.74) is 2.14. The predicted molar refractivity (Wildman–Crippen MR) is 98.3 cm³/mol. The van der Waals surface area contributed by atoms with E-state index in [1.807, 2.05) is 11.0 Å². The third kappa shape index (κ3) is 3.30. The molecule has 0 aliphatic carbocycles. The van der Waals surface area contributed by atoms with Gasteiger partial charge in [0.15, 0.2) is 0 Å². The van der Waals surface area contributed by atoms with E-state index in [1.165, 1.54) is 18.2 Å². The van der Waals surface area contributed by atoms with Gasteiger partial charge in [-0.05, 0) is 30.3 Å². The maximum absolute atomic E-state index is 13.9. The highest BCUT2D eigenvalue weighted by Crippen LogP contribution is 2.26. The van der Waals surface area contributed by atoms with Crippen LogP contribution in [0.3, 0.4) is 0 Å². The van der Waals surface area contributed by atoms with Gasteiger partial charge in [0.05, 0.1) is 11.8 Å². The van der Waals surface area contributed by atoms with Crippen LogP contribution in [0.1, 0.15) is 11.7 Å². The fourth-order valence-corrected chi connectivity index (χ4v) is 3.61. The molecule has 136 valence electrons. The molecule has 1 atom stereocenters. The van der Waals surface area contributed by atoms with Crippen LogP contribution in [-0.4, -0.2) is 47.7 Å². The summed E-state index contributed by atoms with van der Waals surface area (Å²) in [4.78, 5) is 7.25. The number of aliphatic hydroxyl groups excluding tert-OH is 1. The fourth-order valence-electron chi connectivity index (χ4n) is 3.61. The lowest BCUT2D eigenvalue weighted by molar-refractivity contribution is 0.110. The minimum atomic E-state index is -0.703. The van der Waals surface area contributed by atoms with Gasteiger partial charge in [-0.2, -0.15) is 0 Å². The van der Waals surface area contributed by atoms with E-state index in [9.17, 15) is 13.9 Å². The normalized spacial score (nSPS) is 17.0. The number of hydrogen-bond donors (Lipinski definition) is 2. The van der Waals surface area contributed by atoms with Crippen molar-refractivity contribution in [1.82, 2.24) is 9.88 Å². The third-order valence-electron chi connectivity index (χ3n) is 5.03. The van der Waals surface area contributed by atoms with Crippen molar-refractivity contribution in [3.8, 4) is 0 Å². The maximum atomic E-state index is 13.9. The number of anilines is 1. The molecular formula is C20H21F2N3O. The number of benzene rings is 2. The molecule has 1 aromatic heterocycles. The summed E-state index contributed by atoms with van der Waals surface area (Å²) in [6, 6.07) is 11.3. The first kappa shape index (κ1) is 17.0. The van der Waals surface area contributed by atoms with Crippen LogP contribution in [-0.2, 0) is 0 Å². The van der Waals surface area contributed by atoms with E-state index in [1.54, 1.807) is 24.4 Å². The van der Waals surface area contributed by atoms with Crippen molar-refractivity contribution in [2.75, 3.05) is 37.6 Å². The van der Waals surface area contributed by atoms with Crippen molar-refractivity contribution < 1.29 is 13.9 Å². The number of nitrogens with zero attached hydrogens (tertiary/aromatic N) is 2. The van der Waals surface area contributed by atoms with Crippen molar-refractivity contribution in [2.45, 2.75) is 6.10 Å². The molecule has 4 rings (SSSR count). The number of aromatic nitrogens is 1. The van der Waals surface area contributed by atoms with E-state index in [4.69, 9.17) is 0 Å². The summed E-state index contributed by atoms with van der Waals surface area (Å²) in [6.45, 7) is 3.35. The van der Waals surface area contributed by atoms with Crippen LogP contribution in [0.25, 0.3) is 10.9 Å². The minimum absolute atomic E-state index is 0.207. The van der Waals surface area contributed by atoms with E-state index < -0.39 is 6.10 Å². The third-order valence-corrected chi connectivity index (χ3v) is 5.03. The standard InChI is InChI=1S/C20H21F2N3O/c21-14-5-6-18-15(11-14)16(12-23-18)20(26)13-24-7-9-25(10-8-24)19-4-2-1-3-17(19)22/h1-6,11-12,20,23,26H,7-10,13H2/t20-/m0/s1. The number of fused-ring (bicyclic) bond motifs is 1. The van der Waals surface area contributed by atoms with Gasteiger partial charge < -0.3 is 15.0 Å². The van der Waals surface area contributed by atoms with Gasteiger partial charge in [0.25, 0.3) is 0 Å². The quantitative estimate of drug-likeness (QED) is 0.753. The van der Waals surface area contributed by atoms with E-state index in [-0.39, 0.29) is 11.6 Å². The van der Waals surface area contributed by atoms with Crippen LogP contribution in [0.2, 0.25) is 0 Å². The van der Waals surface area contributed by atoms with Gasteiger partial charge in [-0.25, -0.2) is 8.78 Å². The van der Waals surface area contributed by atoms with Gasteiger partial charge in [-0.15, -0.1) is 0 Å². The number of H-pyrrole nitrogens is 1. The molecule has 3 aromatic rings. The summed E-state index contributed by atoms with van der Waals surface area (Å²) in [6.07, 6.45) is 1.04. The Bertz CT molecular complexity index is 903. The minimum Gasteiger partial charge on any atom is -0.387 e. The first-order chi connectivity index (χ1) is 12.6. The number of para-hydroxylation sites is 1. The molecule has 0 spiro atoms. The lowest BCUT2D eigenvalue weighted by Crippen LogP contribution is -2.47. The number of rotatable bonds is 4. The fraction of sp³-hybridized carbons (Fsp3) is 0.300. The van der Waals surface area contributed by atoms with Crippen molar-refractivity contribution in [3.63, 3.8) is 0 Å². The van der Waals surface area contributed by atoms with E-state index >= 15 is 0 Å². The Kier molecular flexibility index (Phi) is 4.61. The lowest BCUT2D eigenvalue weighted by Gasteiger charge is -2.37. The van der Waals surface area contributed by atoms with Crippen LogP contribution >= 0.6 is 0 Å². The Balaban J connectivity index is 1.41. The number of halogens is 2. The molecule has 1 aliphatic rings. The van der Waals surface area contributed by atoms with Crippen molar-refractivity contribution >= 4 is 16.6 Å².